The van der Waals surface area contributed by atoms with Crippen LogP contribution in [-0.4, -0.2) is 26.0 Å². The monoisotopic (exact) mass is 220 g/mol. The van der Waals surface area contributed by atoms with Crippen LogP contribution >= 0.6 is 0 Å². The molecule has 0 saturated carbocycles. The van der Waals surface area contributed by atoms with E-state index in [1.807, 2.05) is 0 Å². The van der Waals surface area contributed by atoms with Crippen molar-refractivity contribution in [2.75, 3.05) is 13.7 Å². The van der Waals surface area contributed by atoms with E-state index in [1.54, 1.807) is 12.1 Å². The highest BCUT2D eigenvalue weighted by molar-refractivity contribution is 5.92. The second-order valence-corrected chi connectivity index (χ2v) is 2.96. The van der Waals surface area contributed by atoms with Crippen LogP contribution in [0.15, 0.2) is 30.9 Å². The summed E-state index contributed by atoms with van der Waals surface area (Å²) in [5.41, 5.74) is 0.625. The van der Waals surface area contributed by atoms with E-state index in [0.717, 1.165) is 0 Å². The van der Waals surface area contributed by atoms with Crippen molar-refractivity contribution in [1.82, 2.24) is 0 Å². The Labute approximate surface area is 93.5 Å². The average molecular weight is 220 g/mol. The van der Waals surface area contributed by atoms with Crippen LogP contribution in [-0.2, 0) is 4.74 Å². The Morgan fingerprint density at radius 2 is 2.25 bits per heavy atom. The summed E-state index contributed by atoms with van der Waals surface area (Å²) in [4.78, 5) is 22.0. The van der Waals surface area contributed by atoms with Crippen molar-refractivity contribution in [1.29, 1.82) is 0 Å². The van der Waals surface area contributed by atoms with Gasteiger partial charge in [-0.25, -0.2) is 4.79 Å². The van der Waals surface area contributed by atoms with Gasteiger partial charge in [0.25, 0.3) is 0 Å². The lowest BCUT2D eigenvalue weighted by molar-refractivity contribution is 0.0600. The van der Waals surface area contributed by atoms with Crippen molar-refractivity contribution in [2.45, 2.75) is 0 Å². The Hall–Kier alpha value is -2.10. The first-order chi connectivity index (χ1) is 7.72. The number of carbonyl (C=O) groups excluding carboxylic acids is 2. The number of ether oxygens (including phenoxy) is 2. The van der Waals surface area contributed by atoms with Gasteiger partial charge in [0.05, 0.1) is 18.2 Å². The van der Waals surface area contributed by atoms with Crippen LogP contribution in [0.5, 0.6) is 5.75 Å². The summed E-state index contributed by atoms with van der Waals surface area (Å²) in [6.45, 7) is 3.81. The summed E-state index contributed by atoms with van der Waals surface area (Å²) in [6, 6.07) is 4.52. The van der Waals surface area contributed by atoms with Crippen LogP contribution < -0.4 is 4.74 Å². The first kappa shape index (κ1) is 12.0. The van der Waals surface area contributed by atoms with Gasteiger partial charge in [0.15, 0.2) is 6.29 Å². The fourth-order valence-electron chi connectivity index (χ4n) is 1.17. The van der Waals surface area contributed by atoms with Gasteiger partial charge in [-0.1, -0.05) is 12.7 Å². The lowest BCUT2D eigenvalue weighted by Crippen LogP contribution is -2.03. The number of methoxy groups -OCH3 is 1. The molecule has 84 valence electrons. The van der Waals surface area contributed by atoms with Crippen molar-refractivity contribution < 1.29 is 19.1 Å². The lowest BCUT2D eigenvalue weighted by Gasteiger charge is -2.07. The molecule has 0 N–H and O–H groups in total. The van der Waals surface area contributed by atoms with Gasteiger partial charge in [0, 0.05) is 0 Å². The van der Waals surface area contributed by atoms with E-state index in [-0.39, 0.29) is 0 Å². The summed E-state index contributed by atoms with van der Waals surface area (Å²) < 4.78 is 9.79. The van der Waals surface area contributed by atoms with E-state index in [2.05, 4.69) is 11.3 Å². The van der Waals surface area contributed by atoms with E-state index in [9.17, 15) is 9.59 Å². The van der Waals surface area contributed by atoms with Gasteiger partial charge in [-0.05, 0) is 18.2 Å². The fourth-order valence-corrected chi connectivity index (χ4v) is 1.17. The molecule has 0 heterocycles. The average Bonchev–Trinajstić information content (AvgIpc) is 2.35. The maximum absolute atomic E-state index is 11.2. The highest BCUT2D eigenvalue weighted by Crippen LogP contribution is 2.19. The van der Waals surface area contributed by atoms with Gasteiger partial charge in [-0.3, -0.25) is 4.79 Å². The molecule has 0 aliphatic heterocycles. The molecular formula is C12H12O4. The van der Waals surface area contributed by atoms with Crippen LogP contribution in [0.1, 0.15) is 20.7 Å². The second kappa shape index (κ2) is 5.70. The Balaban J connectivity index is 3.01. The van der Waals surface area contributed by atoms with Gasteiger partial charge < -0.3 is 9.47 Å². The highest BCUT2D eigenvalue weighted by Gasteiger charge is 2.09. The zero-order valence-electron chi connectivity index (χ0n) is 8.93. The Kier molecular flexibility index (Phi) is 4.27. The molecule has 0 saturated heterocycles. The molecule has 0 spiro atoms. The first-order valence-corrected chi connectivity index (χ1v) is 4.64. The molecule has 1 aromatic carbocycles. The van der Waals surface area contributed by atoms with E-state index >= 15 is 0 Å². The number of rotatable bonds is 5. The van der Waals surface area contributed by atoms with Crippen molar-refractivity contribution in [2.24, 2.45) is 0 Å². The third-order valence-corrected chi connectivity index (χ3v) is 1.91. The normalized spacial score (nSPS) is 9.31. The quantitative estimate of drug-likeness (QED) is 0.431. The van der Waals surface area contributed by atoms with Gasteiger partial charge in [0.1, 0.15) is 12.4 Å². The predicted molar refractivity (Wildman–Crippen MR) is 58.9 cm³/mol. The summed E-state index contributed by atoms with van der Waals surface area (Å²) in [7, 11) is 1.28. The van der Waals surface area contributed by atoms with Crippen molar-refractivity contribution in [3.05, 3.63) is 42.0 Å². The topological polar surface area (TPSA) is 52.6 Å². The molecule has 16 heavy (non-hydrogen) atoms. The summed E-state index contributed by atoms with van der Waals surface area (Å²) in [5.74, 6) is -0.0686. The third-order valence-electron chi connectivity index (χ3n) is 1.91. The number of aldehydes is 1. The maximum atomic E-state index is 11.2. The SMILES string of the molecule is C=CCOc1ccc(C(=O)OC)cc1C=O. The number of carbonyl (C=O) groups is 2. The van der Waals surface area contributed by atoms with Crippen LogP contribution in [0.25, 0.3) is 0 Å². The van der Waals surface area contributed by atoms with Crippen molar-refractivity contribution in [3.8, 4) is 5.75 Å². The molecule has 4 nitrogen and oxygen atoms in total. The van der Waals surface area contributed by atoms with E-state index in [0.29, 0.717) is 29.8 Å². The Bertz CT molecular complexity index is 409. The number of benzene rings is 1. The maximum Gasteiger partial charge on any atom is 0.337 e. The molecule has 0 aromatic heterocycles. The minimum absolute atomic E-state index is 0.304. The summed E-state index contributed by atoms with van der Waals surface area (Å²) in [5, 5.41) is 0. The molecule has 0 unspecified atom stereocenters. The molecule has 4 heteroatoms. The van der Waals surface area contributed by atoms with E-state index in [1.165, 1.54) is 19.2 Å². The first-order valence-electron chi connectivity index (χ1n) is 4.64. The molecule has 0 atom stereocenters. The molecule has 0 bridgehead atoms. The molecule has 0 aliphatic rings. The van der Waals surface area contributed by atoms with Crippen LogP contribution in [0, 0.1) is 0 Å². The zero-order chi connectivity index (χ0) is 12.0. The zero-order valence-corrected chi connectivity index (χ0v) is 8.93. The number of esters is 1. The molecule has 0 amide bonds. The third kappa shape index (κ3) is 2.70. The molecular weight excluding hydrogens is 208 g/mol. The van der Waals surface area contributed by atoms with E-state index < -0.39 is 5.97 Å². The summed E-state index contributed by atoms with van der Waals surface area (Å²) in [6.07, 6.45) is 2.20. The molecule has 0 fully saturated rings. The number of hydrogen-bond acceptors (Lipinski definition) is 4. The lowest BCUT2D eigenvalue weighted by atomic mass is 10.1. The van der Waals surface area contributed by atoms with Gasteiger partial charge in [0.2, 0.25) is 0 Å². The van der Waals surface area contributed by atoms with Gasteiger partial charge in [-0.15, -0.1) is 0 Å². The molecule has 0 aliphatic carbocycles. The Morgan fingerprint density at radius 3 is 2.81 bits per heavy atom. The standard InChI is InChI=1S/C12H12O4/c1-3-6-16-11-5-4-9(12(14)15-2)7-10(11)8-13/h3-5,7-8H,1,6H2,2H3. The van der Waals surface area contributed by atoms with Gasteiger partial charge in [-0.2, -0.15) is 0 Å². The highest BCUT2D eigenvalue weighted by atomic mass is 16.5. The molecule has 1 rings (SSSR count). The van der Waals surface area contributed by atoms with E-state index in [4.69, 9.17) is 4.74 Å². The second-order valence-electron chi connectivity index (χ2n) is 2.96. The van der Waals surface area contributed by atoms with Crippen LogP contribution in [0.2, 0.25) is 0 Å². The Morgan fingerprint density at radius 1 is 1.50 bits per heavy atom. The minimum atomic E-state index is -0.488. The van der Waals surface area contributed by atoms with Crippen molar-refractivity contribution in [3.63, 3.8) is 0 Å². The van der Waals surface area contributed by atoms with Gasteiger partial charge >= 0.3 is 5.97 Å². The molecule has 1 aromatic rings. The minimum Gasteiger partial charge on any atom is -0.489 e. The largest absolute Gasteiger partial charge is 0.489 e. The van der Waals surface area contributed by atoms with Crippen molar-refractivity contribution >= 4 is 12.3 Å². The number of hydrogen-bond donors (Lipinski definition) is 0. The fraction of sp³-hybridized carbons (Fsp3) is 0.167. The molecule has 0 radical (unpaired) electrons. The predicted octanol–water partition coefficient (Wildman–Crippen LogP) is 1.85. The van der Waals surface area contributed by atoms with Crippen LogP contribution in [0.4, 0.5) is 0 Å². The van der Waals surface area contributed by atoms with Crippen LogP contribution in [0.3, 0.4) is 0 Å². The summed E-state index contributed by atoms with van der Waals surface area (Å²) >= 11 is 0. The smallest absolute Gasteiger partial charge is 0.337 e.